The van der Waals surface area contributed by atoms with Gasteiger partial charge < -0.3 is 11.1 Å². The maximum absolute atomic E-state index is 12.8. The molecule has 1 aromatic rings. The average molecular weight is 386 g/mol. The quantitative estimate of drug-likeness (QED) is 0.812. The number of amides is 1. The molecule has 2 fully saturated rings. The van der Waals surface area contributed by atoms with Crippen LogP contribution in [-0.4, -0.2) is 43.8 Å². The van der Waals surface area contributed by atoms with Gasteiger partial charge in [-0.3, -0.25) is 4.79 Å². The number of carbonyl (C=O) groups excluding carboxylic acids is 1. The van der Waals surface area contributed by atoms with Crippen LogP contribution in [0, 0.1) is 5.92 Å². The number of carbonyl (C=O) groups is 1. The molecule has 2 heterocycles. The van der Waals surface area contributed by atoms with E-state index in [1.807, 2.05) is 0 Å². The predicted octanol–water partition coefficient (Wildman–Crippen LogP) is 2.17. The smallest absolute Gasteiger partial charge is 0.261 e. The Bertz CT molecular complexity index is 715. The Morgan fingerprint density at radius 3 is 2.56 bits per heavy atom. The molecule has 0 bridgehead atoms. The van der Waals surface area contributed by atoms with Crippen LogP contribution in [0.5, 0.6) is 0 Å². The number of hydrogen-bond acceptors (Lipinski definition) is 5. The first kappa shape index (κ1) is 18.8. The van der Waals surface area contributed by atoms with Gasteiger partial charge in [-0.25, -0.2) is 8.42 Å². The van der Waals surface area contributed by atoms with Gasteiger partial charge >= 0.3 is 0 Å². The minimum absolute atomic E-state index is 0.217. The highest BCUT2D eigenvalue weighted by Gasteiger charge is 2.35. The van der Waals surface area contributed by atoms with Gasteiger partial charge in [0, 0.05) is 19.6 Å². The number of rotatable bonds is 5. The third-order valence-electron chi connectivity index (χ3n) is 5.47. The van der Waals surface area contributed by atoms with Crippen molar-refractivity contribution in [3.63, 3.8) is 0 Å². The molecule has 1 aliphatic carbocycles. The average Bonchev–Trinajstić information content (AvgIpc) is 3.25. The highest BCUT2D eigenvalue weighted by atomic mass is 32.2. The summed E-state index contributed by atoms with van der Waals surface area (Å²) in [4.78, 5) is 13.0. The summed E-state index contributed by atoms with van der Waals surface area (Å²) in [6, 6.07) is 3.16. The van der Waals surface area contributed by atoms with E-state index >= 15 is 0 Å². The number of hydrogen-bond donors (Lipinski definition) is 2. The topological polar surface area (TPSA) is 92.5 Å². The van der Waals surface area contributed by atoms with Crippen LogP contribution in [0.15, 0.2) is 16.3 Å². The van der Waals surface area contributed by atoms with Crippen molar-refractivity contribution in [3.8, 4) is 0 Å². The van der Waals surface area contributed by atoms with E-state index in [2.05, 4.69) is 12.2 Å². The second-order valence-corrected chi connectivity index (χ2v) is 10.6. The van der Waals surface area contributed by atoms with E-state index < -0.39 is 10.0 Å². The zero-order chi connectivity index (χ0) is 18.1. The summed E-state index contributed by atoms with van der Waals surface area (Å²) in [6.07, 6.45) is 5.67. The van der Waals surface area contributed by atoms with Crippen molar-refractivity contribution in [1.29, 1.82) is 0 Å². The van der Waals surface area contributed by atoms with Crippen LogP contribution < -0.4 is 11.1 Å². The molecule has 25 heavy (non-hydrogen) atoms. The van der Waals surface area contributed by atoms with E-state index in [0.29, 0.717) is 30.4 Å². The Kier molecular flexibility index (Phi) is 5.53. The normalized spacial score (nSPS) is 22.2. The maximum Gasteiger partial charge on any atom is 0.261 e. The predicted molar refractivity (Wildman–Crippen MR) is 99.2 cm³/mol. The van der Waals surface area contributed by atoms with Gasteiger partial charge in [-0.2, -0.15) is 4.31 Å². The molecule has 0 unspecified atom stereocenters. The summed E-state index contributed by atoms with van der Waals surface area (Å²) in [5.74, 6) is 0.348. The lowest BCUT2D eigenvalue weighted by atomic mass is 9.98. The molecule has 0 spiro atoms. The van der Waals surface area contributed by atoms with Gasteiger partial charge in [0.25, 0.3) is 15.9 Å². The molecule has 1 aromatic heterocycles. The Balaban J connectivity index is 1.72. The number of nitrogens with zero attached hydrogens (tertiary/aromatic N) is 1. The number of piperidine rings is 1. The van der Waals surface area contributed by atoms with E-state index in [0.717, 1.165) is 49.9 Å². The van der Waals surface area contributed by atoms with Gasteiger partial charge in [0.1, 0.15) is 4.21 Å². The Morgan fingerprint density at radius 2 is 1.96 bits per heavy atom. The molecule has 0 atom stereocenters. The molecule has 2 aliphatic rings. The highest BCUT2D eigenvalue weighted by Crippen LogP contribution is 2.31. The van der Waals surface area contributed by atoms with Gasteiger partial charge in [-0.05, 0) is 43.7 Å². The maximum atomic E-state index is 12.8. The lowest BCUT2D eigenvalue weighted by Crippen LogP contribution is -2.51. The first-order valence-corrected chi connectivity index (χ1v) is 11.2. The number of thiophene rings is 1. The SMILES string of the molecule is CC1CCN(S(=O)(=O)c2ccc(C(=O)NC3(CN)CCCC3)s2)CC1. The van der Waals surface area contributed by atoms with Gasteiger partial charge in [-0.1, -0.05) is 19.8 Å². The first-order chi connectivity index (χ1) is 11.9. The van der Waals surface area contributed by atoms with Gasteiger partial charge in [-0.15, -0.1) is 11.3 Å². The summed E-state index contributed by atoms with van der Waals surface area (Å²) in [5.41, 5.74) is 5.53. The highest BCUT2D eigenvalue weighted by molar-refractivity contribution is 7.91. The molecule has 0 aromatic carbocycles. The van der Waals surface area contributed by atoms with Crippen LogP contribution in [0.1, 0.15) is 55.1 Å². The molecule has 140 valence electrons. The van der Waals surface area contributed by atoms with Crippen molar-refractivity contribution in [3.05, 3.63) is 17.0 Å². The molecular weight excluding hydrogens is 358 g/mol. The number of sulfonamides is 1. The third kappa shape index (κ3) is 3.92. The van der Waals surface area contributed by atoms with E-state index in [9.17, 15) is 13.2 Å². The van der Waals surface area contributed by atoms with Crippen molar-refractivity contribution in [2.75, 3.05) is 19.6 Å². The lowest BCUT2D eigenvalue weighted by Gasteiger charge is -2.29. The molecule has 1 aliphatic heterocycles. The monoisotopic (exact) mass is 385 g/mol. The summed E-state index contributed by atoms with van der Waals surface area (Å²) in [5, 5.41) is 3.05. The molecular formula is C17H27N3O3S2. The second-order valence-electron chi connectivity index (χ2n) is 7.35. The first-order valence-electron chi connectivity index (χ1n) is 8.99. The van der Waals surface area contributed by atoms with Gasteiger partial charge in [0.2, 0.25) is 0 Å². The Morgan fingerprint density at radius 1 is 1.32 bits per heavy atom. The number of nitrogens with one attached hydrogen (secondary N) is 1. The van der Waals surface area contributed by atoms with Crippen LogP contribution >= 0.6 is 11.3 Å². The molecule has 6 nitrogen and oxygen atoms in total. The molecule has 3 N–H and O–H groups in total. The van der Waals surface area contributed by atoms with E-state index in [1.165, 1.54) is 0 Å². The standard InChI is InChI=1S/C17H27N3O3S2/c1-13-6-10-20(11-7-13)25(22,23)15-5-4-14(24-15)16(21)19-17(12-18)8-2-3-9-17/h4-5,13H,2-3,6-12,18H2,1H3,(H,19,21). The minimum atomic E-state index is -3.50. The molecule has 0 radical (unpaired) electrons. The van der Waals surface area contributed by atoms with Crippen LogP contribution in [0.3, 0.4) is 0 Å². The summed E-state index contributed by atoms with van der Waals surface area (Å²) >= 11 is 1.05. The van der Waals surface area contributed by atoms with Gasteiger partial charge in [0.05, 0.1) is 10.4 Å². The van der Waals surface area contributed by atoms with Crippen molar-refractivity contribution >= 4 is 27.3 Å². The van der Waals surface area contributed by atoms with Crippen molar-refractivity contribution in [2.24, 2.45) is 11.7 Å². The fourth-order valence-electron chi connectivity index (χ4n) is 3.67. The Labute approximate surface area is 153 Å². The molecule has 3 rings (SSSR count). The van der Waals surface area contributed by atoms with Crippen LogP contribution in [-0.2, 0) is 10.0 Å². The van der Waals surface area contributed by atoms with E-state index in [1.54, 1.807) is 16.4 Å². The van der Waals surface area contributed by atoms with Crippen molar-refractivity contribution in [1.82, 2.24) is 9.62 Å². The largest absolute Gasteiger partial charge is 0.345 e. The molecule has 1 saturated carbocycles. The summed E-state index contributed by atoms with van der Waals surface area (Å²) in [7, 11) is -3.50. The van der Waals surface area contributed by atoms with Crippen LogP contribution in [0.25, 0.3) is 0 Å². The number of nitrogens with two attached hydrogens (primary N) is 1. The Hall–Kier alpha value is -0.960. The van der Waals surface area contributed by atoms with Crippen LogP contribution in [0.4, 0.5) is 0 Å². The van der Waals surface area contributed by atoms with Gasteiger partial charge in [0.15, 0.2) is 0 Å². The van der Waals surface area contributed by atoms with E-state index in [4.69, 9.17) is 5.73 Å². The fraction of sp³-hybridized carbons (Fsp3) is 0.706. The van der Waals surface area contributed by atoms with E-state index in [-0.39, 0.29) is 15.7 Å². The third-order valence-corrected chi connectivity index (χ3v) is 8.92. The zero-order valence-electron chi connectivity index (χ0n) is 14.7. The molecule has 1 amide bonds. The molecule has 1 saturated heterocycles. The summed E-state index contributed by atoms with van der Waals surface area (Å²) < 4.78 is 27.3. The van der Waals surface area contributed by atoms with Crippen LogP contribution in [0.2, 0.25) is 0 Å². The summed E-state index contributed by atoms with van der Waals surface area (Å²) in [6.45, 7) is 3.67. The lowest BCUT2D eigenvalue weighted by molar-refractivity contribution is 0.0907. The molecule has 8 heteroatoms. The second kappa shape index (κ2) is 7.34. The zero-order valence-corrected chi connectivity index (χ0v) is 16.3. The van der Waals surface area contributed by atoms with Crippen molar-refractivity contribution < 1.29 is 13.2 Å². The fourth-order valence-corrected chi connectivity index (χ4v) is 6.49. The minimum Gasteiger partial charge on any atom is -0.345 e. The van der Waals surface area contributed by atoms with Crippen molar-refractivity contribution in [2.45, 2.75) is 55.2 Å².